The molecule has 1 aliphatic heterocycles. The van der Waals surface area contributed by atoms with E-state index < -0.39 is 0 Å². The van der Waals surface area contributed by atoms with E-state index in [1.807, 2.05) is 7.05 Å². The van der Waals surface area contributed by atoms with E-state index >= 15 is 0 Å². The van der Waals surface area contributed by atoms with Crippen LogP contribution in [0.1, 0.15) is 52.2 Å². The van der Waals surface area contributed by atoms with Crippen molar-refractivity contribution in [1.82, 2.24) is 20.5 Å². The molecule has 0 amide bonds. The zero-order chi connectivity index (χ0) is 18.6. The minimum atomic E-state index is 0. The molecule has 2 N–H and O–H groups in total. The van der Waals surface area contributed by atoms with Crippen molar-refractivity contribution in [1.29, 1.82) is 0 Å². The average molecular weight is 494 g/mol. The fraction of sp³-hybridized carbons (Fsp3) is 0.789. The molecule has 2 heterocycles. The lowest BCUT2D eigenvalue weighted by Gasteiger charge is -2.21. The summed E-state index contributed by atoms with van der Waals surface area (Å²) < 4.78 is 0. The van der Waals surface area contributed by atoms with Gasteiger partial charge in [-0.05, 0) is 19.8 Å². The number of hydrogen-bond donors (Lipinski definition) is 2. The molecule has 7 heteroatoms. The van der Waals surface area contributed by atoms with E-state index in [9.17, 15) is 0 Å². The second-order valence-electron chi connectivity index (χ2n) is 8.40. The molecular weight excluding hydrogens is 457 g/mol. The van der Waals surface area contributed by atoms with E-state index in [0.29, 0.717) is 18.0 Å². The molecule has 150 valence electrons. The summed E-state index contributed by atoms with van der Waals surface area (Å²) in [6, 6.07) is 1.06. The first-order valence-corrected chi connectivity index (χ1v) is 10.2. The van der Waals surface area contributed by atoms with Crippen LogP contribution in [0.5, 0.6) is 0 Å². The van der Waals surface area contributed by atoms with Gasteiger partial charge >= 0.3 is 0 Å². The number of likely N-dealkylation sites (tertiary alicyclic amines) is 1. The molecule has 1 fully saturated rings. The van der Waals surface area contributed by atoms with Gasteiger partial charge < -0.3 is 10.6 Å². The van der Waals surface area contributed by atoms with Crippen LogP contribution >= 0.6 is 35.3 Å². The highest BCUT2D eigenvalue weighted by Crippen LogP contribution is 2.24. The number of nitrogens with one attached hydrogen (secondary N) is 2. The Hall–Kier alpha value is -0.410. The Kier molecular flexibility index (Phi) is 9.29. The van der Waals surface area contributed by atoms with Crippen LogP contribution in [0.15, 0.2) is 10.4 Å². The van der Waals surface area contributed by atoms with Crippen LogP contribution in [0.2, 0.25) is 0 Å². The van der Waals surface area contributed by atoms with Gasteiger partial charge in [0.1, 0.15) is 0 Å². The van der Waals surface area contributed by atoms with Crippen molar-refractivity contribution in [2.75, 3.05) is 26.7 Å². The van der Waals surface area contributed by atoms with Crippen molar-refractivity contribution in [2.45, 2.75) is 65.5 Å². The van der Waals surface area contributed by atoms with Crippen molar-refractivity contribution >= 4 is 41.3 Å². The van der Waals surface area contributed by atoms with Gasteiger partial charge in [-0.1, -0.05) is 27.7 Å². The molecule has 0 aliphatic carbocycles. The van der Waals surface area contributed by atoms with Gasteiger partial charge in [0.2, 0.25) is 0 Å². The first-order chi connectivity index (χ1) is 11.7. The first kappa shape index (κ1) is 23.6. The van der Waals surface area contributed by atoms with Crippen molar-refractivity contribution in [3.63, 3.8) is 0 Å². The van der Waals surface area contributed by atoms with E-state index in [0.717, 1.165) is 32.0 Å². The molecule has 2 unspecified atom stereocenters. The van der Waals surface area contributed by atoms with Crippen LogP contribution in [0.25, 0.3) is 0 Å². The van der Waals surface area contributed by atoms with Gasteiger partial charge in [0.15, 0.2) is 5.96 Å². The van der Waals surface area contributed by atoms with Crippen molar-refractivity contribution < 1.29 is 0 Å². The lowest BCUT2D eigenvalue weighted by molar-refractivity contribution is 0.265. The van der Waals surface area contributed by atoms with Gasteiger partial charge in [-0.2, -0.15) is 0 Å². The summed E-state index contributed by atoms with van der Waals surface area (Å²) in [5, 5.41) is 10.4. The molecule has 1 aromatic heterocycles. The molecule has 26 heavy (non-hydrogen) atoms. The molecule has 1 aliphatic rings. The number of rotatable bonds is 5. The van der Waals surface area contributed by atoms with Crippen LogP contribution in [-0.2, 0) is 11.8 Å². The number of halogens is 1. The third-order valence-electron chi connectivity index (χ3n) is 4.87. The molecule has 0 radical (unpaired) electrons. The third-order valence-corrected chi connectivity index (χ3v) is 5.78. The normalized spacial score (nSPS) is 21.8. The quantitative estimate of drug-likeness (QED) is 0.375. The summed E-state index contributed by atoms with van der Waals surface area (Å²) in [5.74, 6) is 1.53. The average Bonchev–Trinajstić information content (AvgIpc) is 3.13. The van der Waals surface area contributed by atoms with Crippen LogP contribution in [-0.4, -0.2) is 54.6 Å². The Balaban J connectivity index is 0.00000338. The molecule has 0 spiro atoms. The number of guanidine groups is 1. The maximum absolute atomic E-state index is 4.76. The minimum absolute atomic E-state index is 0. The molecule has 1 aromatic rings. The van der Waals surface area contributed by atoms with Crippen molar-refractivity contribution in [2.24, 2.45) is 10.9 Å². The number of thiazole rings is 1. The van der Waals surface area contributed by atoms with Crippen LogP contribution < -0.4 is 10.6 Å². The van der Waals surface area contributed by atoms with Gasteiger partial charge in [0, 0.05) is 56.0 Å². The largest absolute Gasteiger partial charge is 0.356 e. The predicted octanol–water partition coefficient (Wildman–Crippen LogP) is 3.49. The standard InChI is InChI=1S/C19H35N5S.HI/c1-13(2)24-10-14(3)15(11-24)22-18(20-7)21-9-8-17-23-16(12-25-17)19(4,5)6;/h12-15H,8-11H2,1-7H3,(H2,20,21,22);1H. The van der Waals surface area contributed by atoms with Gasteiger partial charge in [-0.25, -0.2) is 4.98 Å². The summed E-state index contributed by atoms with van der Waals surface area (Å²) in [6.45, 7) is 16.6. The zero-order valence-corrected chi connectivity index (χ0v) is 20.4. The predicted molar refractivity (Wildman–Crippen MR) is 124 cm³/mol. The van der Waals surface area contributed by atoms with E-state index in [1.54, 1.807) is 11.3 Å². The van der Waals surface area contributed by atoms with Gasteiger partial charge in [0.25, 0.3) is 0 Å². The summed E-state index contributed by atoms with van der Waals surface area (Å²) >= 11 is 1.75. The SMILES string of the molecule is CN=C(NCCc1nc(C(C)(C)C)cs1)NC1CN(C(C)C)CC1C.I. The molecule has 5 nitrogen and oxygen atoms in total. The Labute approximate surface area is 180 Å². The maximum Gasteiger partial charge on any atom is 0.191 e. The number of aromatic nitrogens is 1. The topological polar surface area (TPSA) is 52.6 Å². The highest BCUT2D eigenvalue weighted by Gasteiger charge is 2.31. The molecule has 0 bridgehead atoms. The van der Waals surface area contributed by atoms with Crippen LogP contribution in [0.4, 0.5) is 0 Å². The van der Waals surface area contributed by atoms with Crippen molar-refractivity contribution in [3.05, 3.63) is 16.1 Å². The van der Waals surface area contributed by atoms with E-state index in [2.05, 4.69) is 67.4 Å². The molecular formula is C19H36IN5S. The fourth-order valence-electron chi connectivity index (χ4n) is 3.04. The summed E-state index contributed by atoms with van der Waals surface area (Å²) in [7, 11) is 1.84. The van der Waals surface area contributed by atoms with Gasteiger partial charge in [-0.3, -0.25) is 9.89 Å². The zero-order valence-electron chi connectivity index (χ0n) is 17.3. The van der Waals surface area contributed by atoms with Crippen LogP contribution in [0.3, 0.4) is 0 Å². The molecule has 0 saturated carbocycles. The molecule has 2 rings (SSSR count). The highest BCUT2D eigenvalue weighted by molar-refractivity contribution is 14.0. The summed E-state index contributed by atoms with van der Waals surface area (Å²) in [5.41, 5.74) is 1.31. The van der Waals surface area contributed by atoms with E-state index in [1.165, 1.54) is 10.7 Å². The summed E-state index contributed by atoms with van der Waals surface area (Å²) in [6.07, 6.45) is 0.930. The van der Waals surface area contributed by atoms with Gasteiger partial charge in [-0.15, -0.1) is 35.3 Å². The highest BCUT2D eigenvalue weighted by atomic mass is 127. The second-order valence-corrected chi connectivity index (χ2v) is 9.34. The Morgan fingerprint density at radius 2 is 2.08 bits per heavy atom. The maximum atomic E-state index is 4.76. The number of aliphatic imine (C=N–C) groups is 1. The Bertz CT molecular complexity index is 579. The number of hydrogen-bond acceptors (Lipinski definition) is 4. The van der Waals surface area contributed by atoms with Crippen LogP contribution in [0, 0.1) is 5.92 Å². The van der Waals surface area contributed by atoms with Gasteiger partial charge in [0.05, 0.1) is 10.7 Å². The second kappa shape index (κ2) is 10.2. The monoisotopic (exact) mass is 493 g/mol. The van der Waals surface area contributed by atoms with Crippen molar-refractivity contribution in [3.8, 4) is 0 Å². The lowest BCUT2D eigenvalue weighted by Crippen LogP contribution is -2.47. The molecule has 1 saturated heterocycles. The summed E-state index contributed by atoms with van der Waals surface area (Å²) in [4.78, 5) is 11.7. The Morgan fingerprint density at radius 1 is 1.38 bits per heavy atom. The van der Waals surface area contributed by atoms with E-state index in [4.69, 9.17) is 4.98 Å². The molecule has 0 aromatic carbocycles. The minimum Gasteiger partial charge on any atom is -0.356 e. The van der Waals surface area contributed by atoms with E-state index in [-0.39, 0.29) is 29.4 Å². The fourth-order valence-corrected chi connectivity index (χ4v) is 4.07. The molecule has 2 atom stereocenters. The smallest absolute Gasteiger partial charge is 0.191 e. The Morgan fingerprint density at radius 3 is 2.58 bits per heavy atom. The lowest BCUT2D eigenvalue weighted by atomic mass is 9.93. The third kappa shape index (κ3) is 6.64. The first-order valence-electron chi connectivity index (χ1n) is 9.36. The number of nitrogens with zero attached hydrogens (tertiary/aromatic N) is 3.